The van der Waals surface area contributed by atoms with Crippen molar-refractivity contribution in [3.8, 4) is 0 Å². The molecule has 0 aromatic rings. The molecule has 3 nitrogen and oxygen atoms in total. The monoisotopic (exact) mass is 240 g/mol. The van der Waals surface area contributed by atoms with Crippen LogP contribution >= 0.6 is 0 Å². The van der Waals surface area contributed by atoms with Gasteiger partial charge in [0.05, 0.1) is 6.54 Å². The van der Waals surface area contributed by atoms with Gasteiger partial charge in [0.2, 0.25) is 5.91 Å². The lowest BCUT2D eigenvalue weighted by molar-refractivity contribution is -0.147. The quantitative estimate of drug-likeness (QED) is 0.740. The van der Waals surface area contributed by atoms with Crippen molar-refractivity contribution < 1.29 is 4.79 Å². The van der Waals surface area contributed by atoms with Gasteiger partial charge in [-0.1, -0.05) is 20.8 Å². The molecule has 1 aliphatic rings. The predicted octanol–water partition coefficient (Wildman–Crippen LogP) is 2.36. The zero-order valence-corrected chi connectivity index (χ0v) is 12.4. The minimum Gasteiger partial charge on any atom is -0.334 e. The van der Waals surface area contributed by atoms with Crippen LogP contribution in [0.15, 0.2) is 0 Å². The minimum absolute atomic E-state index is 0.132. The second-order valence-electron chi connectivity index (χ2n) is 6.80. The van der Waals surface area contributed by atoms with Gasteiger partial charge in [0.1, 0.15) is 0 Å². The van der Waals surface area contributed by atoms with E-state index < -0.39 is 0 Å². The van der Waals surface area contributed by atoms with E-state index in [0.29, 0.717) is 24.7 Å². The Morgan fingerprint density at radius 2 is 1.65 bits per heavy atom. The van der Waals surface area contributed by atoms with Crippen LogP contribution in [-0.4, -0.2) is 46.9 Å². The van der Waals surface area contributed by atoms with Gasteiger partial charge in [-0.05, 0) is 33.1 Å². The van der Waals surface area contributed by atoms with Crippen LogP contribution in [0.25, 0.3) is 0 Å². The Labute approximate surface area is 106 Å². The average Bonchev–Trinajstić information content (AvgIpc) is 2.14. The van der Waals surface area contributed by atoms with Gasteiger partial charge in [-0.25, -0.2) is 0 Å². The fourth-order valence-corrected chi connectivity index (χ4v) is 2.54. The molecule has 1 atom stereocenters. The Morgan fingerprint density at radius 3 is 2.00 bits per heavy atom. The van der Waals surface area contributed by atoms with E-state index in [0.717, 1.165) is 6.54 Å². The van der Waals surface area contributed by atoms with E-state index in [1.54, 1.807) is 0 Å². The molecule has 0 radical (unpaired) electrons. The average molecular weight is 240 g/mol. The molecule has 1 saturated heterocycles. The van der Waals surface area contributed by atoms with E-state index in [2.05, 4.69) is 58.3 Å². The first kappa shape index (κ1) is 14.5. The van der Waals surface area contributed by atoms with E-state index in [1.807, 2.05) is 0 Å². The Kier molecular flexibility index (Phi) is 4.23. The molecular weight excluding hydrogens is 212 g/mol. The van der Waals surface area contributed by atoms with Gasteiger partial charge in [0.15, 0.2) is 0 Å². The van der Waals surface area contributed by atoms with Gasteiger partial charge < -0.3 is 4.90 Å². The largest absolute Gasteiger partial charge is 0.334 e. The van der Waals surface area contributed by atoms with E-state index in [4.69, 9.17) is 0 Å². The molecule has 1 rings (SSSR count). The normalized spacial score (nSPS) is 23.9. The number of piperazine rings is 1. The molecule has 0 bridgehead atoms. The third kappa shape index (κ3) is 3.21. The molecule has 1 amide bonds. The first-order valence-electron chi connectivity index (χ1n) is 6.69. The molecule has 3 heteroatoms. The van der Waals surface area contributed by atoms with E-state index in [-0.39, 0.29) is 11.3 Å². The van der Waals surface area contributed by atoms with Crippen molar-refractivity contribution in [2.45, 2.75) is 66.6 Å². The van der Waals surface area contributed by atoms with E-state index in [1.165, 1.54) is 0 Å². The fraction of sp³-hybridized carbons (Fsp3) is 0.929. The molecule has 0 aromatic heterocycles. The summed E-state index contributed by atoms with van der Waals surface area (Å²) in [6.45, 7) is 16.8. The molecule has 17 heavy (non-hydrogen) atoms. The van der Waals surface area contributed by atoms with Crippen LogP contribution < -0.4 is 0 Å². The summed E-state index contributed by atoms with van der Waals surface area (Å²) in [5.41, 5.74) is 0.132. The zero-order valence-electron chi connectivity index (χ0n) is 12.4. The van der Waals surface area contributed by atoms with Crippen molar-refractivity contribution in [2.75, 3.05) is 13.1 Å². The molecule has 0 aromatic carbocycles. The number of carbonyl (C=O) groups excluding carboxylic acids is 1. The third-order valence-corrected chi connectivity index (χ3v) is 3.66. The molecule has 0 N–H and O–H groups in total. The maximum atomic E-state index is 12.3. The van der Waals surface area contributed by atoms with Gasteiger partial charge in [0.25, 0.3) is 0 Å². The second kappa shape index (κ2) is 4.97. The summed E-state index contributed by atoms with van der Waals surface area (Å²) in [5, 5.41) is 0. The van der Waals surface area contributed by atoms with Crippen molar-refractivity contribution in [1.82, 2.24) is 9.80 Å². The molecule has 1 heterocycles. The van der Waals surface area contributed by atoms with E-state index >= 15 is 0 Å². The summed E-state index contributed by atoms with van der Waals surface area (Å²) >= 11 is 0. The highest BCUT2D eigenvalue weighted by atomic mass is 16.2. The Hall–Kier alpha value is -0.570. The highest BCUT2D eigenvalue weighted by Crippen LogP contribution is 2.30. The molecule has 1 fully saturated rings. The van der Waals surface area contributed by atoms with Crippen LogP contribution in [0.3, 0.4) is 0 Å². The number of hydrogen-bond donors (Lipinski definition) is 0. The van der Waals surface area contributed by atoms with Crippen molar-refractivity contribution >= 4 is 5.91 Å². The standard InChI is InChI=1S/C14H28N2O/c1-10(2)15-8-12(14(5,6)7)16(11(3)4)13(17)9-15/h10-12H,8-9H2,1-7H3/t12-/m1/s1. The zero-order chi connectivity index (χ0) is 13.4. The molecule has 0 unspecified atom stereocenters. The first-order valence-corrected chi connectivity index (χ1v) is 6.69. The molecular formula is C14H28N2O. The predicted molar refractivity (Wildman–Crippen MR) is 71.9 cm³/mol. The summed E-state index contributed by atoms with van der Waals surface area (Å²) in [4.78, 5) is 16.7. The van der Waals surface area contributed by atoms with E-state index in [9.17, 15) is 4.79 Å². The molecule has 0 saturated carbocycles. The van der Waals surface area contributed by atoms with Gasteiger partial charge in [-0.3, -0.25) is 9.69 Å². The van der Waals surface area contributed by atoms with Gasteiger partial charge in [0, 0.05) is 24.7 Å². The first-order chi connectivity index (χ1) is 7.64. The van der Waals surface area contributed by atoms with Crippen LogP contribution in [-0.2, 0) is 4.79 Å². The minimum atomic E-state index is 0.132. The molecule has 0 spiro atoms. The topological polar surface area (TPSA) is 23.6 Å². The molecule has 0 aliphatic carbocycles. The third-order valence-electron chi connectivity index (χ3n) is 3.66. The van der Waals surface area contributed by atoms with Crippen LogP contribution in [0.4, 0.5) is 0 Å². The summed E-state index contributed by atoms with van der Waals surface area (Å²) < 4.78 is 0. The maximum Gasteiger partial charge on any atom is 0.237 e. The lowest BCUT2D eigenvalue weighted by Gasteiger charge is -2.49. The summed E-state index contributed by atoms with van der Waals surface area (Å²) in [6.07, 6.45) is 0. The lowest BCUT2D eigenvalue weighted by Crippen LogP contribution is -2.63. The Bertz CT molecular complexity index is 278. The highest BCUT2D eigenvalue weighted by molar-refractivity contribution is 5.80. The SMILES string of the molecule is CC(C)N1CC(=O)N(C(C)C)[C@@H](C(C)(C)C)C1. The molecule has 1 aliphatic heterocycles. The van der Waals surface area contributed by atoms with Crippen LogP contribution in [0, 0.1) is 5.41 Å². The van der Waals surface area contributed by atoms with Gasteiger partial charge in [-0.2, -0.15) is 0 Å². The van der Waals surface area contributed by atoms with Gasteiger partial charge in [-0.15, -0.1) is 0 Å². The smallest absolute Gasteiger partial charge is 0.237 e. The summed E-state index contributed by atoms with van der Waals surface area (Å²) in [7, 11) is 0. The summed E-state index contributed by atoms with van der Waals surface area (Å²) in [5.74, 6) is 0.278. The second-order valence-corrected chi connectivity index (χ2v) is 6.80. The number of nitrogens with zero attached hydrogens (tertiary/aromatic N) is 2. The lowest BCUT2D eigenvalue weighted by atomic mass is 9.83. The number of carbonyl (C=O) groups is 1. The van der Waals surface area contributed by atoms with Crippen LogP contribution in [0.1, 0.15) is 48.5 Å². The fourth-order valence-electron chi connectivity index (χ4n) is 2.54. The van der Waals surface area contributed by atoms with Crippen molar-refractivity contribution in [3.05, 3.63) is 0 Å². The number of amides is 1. The van der Waals surface area contributed by atoms with Gasteiger partial charge >= 0.3 is 0 Å². The van der Waals surface area contributed by atoms with Crippen LogP contribution in [0.5, 0.6) is 0 Å². The number of hydrogen-bond acceptors (Lipinski definition) is 2. The molecule has 100 valence electrons. The van der Waals surface area contributed by atoms with Crippen molar-refractivity contribution in [2.24, 2.45) is 5.41 Å². The Balaban J connectivity index is 2.97. The number of rotatable bonds is 2. The van der Waals surface area contributed by atoms with Crippen molar-refractivity contribution in [1.29, 1.82) is 0 Å². The summed E-state index contributed by atoms with van der Waals surface area (Å²) in [6, 6.07) is 1.05. The van der Waals surface area contributed by atoms with Crippen molar-refractivity contribution in [3.63, 3.8) is 0 Å². The van der Waals surface area contributed by atoms with Crippen LogP contribution in [0.2, 0.25) is 0 Å². The highest BCUT2D eigenvalue weighted by Gasteiger charge is 2.40. The Morgan fingerprint density at radius 1 is 1.12 bits per heavy atom. The maximum absolute atomic E-state index is 12.3.